The van der Waals surface area contributed by atoms with Crippen LogP contribution in [0.2, 0.25) is 0 Å². The van der Waals surface area contributed by atoms with E-state index in [2.05, 4.69) is 0 Å². The Kier molecular flexibility index (Phi) is 19.3. The number of carbonyl (C=O) groups is 1. The Morgan fingerprint density at radius 1 is 0.900 bits per heavy atom. The van der Waals surface area contributed by atoms with Gasteiger partial charge >= 0.3 is 5.97 Å². The molecule has 14 heteroatoms. The Balaban J connectivity index is 0.000000247. The van der Waals surface area contributed by atoms with E-state index in [9.17, 15) is 20.1 Å². The Morgan fingerprint density at radius 3 is 2.24 bits per heavy atom. The molecule has 0 aromatic heterocycles. The minimum atomic E-state index is -0.664. The van der Waals surface area contributed by atoms with Gasteiger partial charge in [0.15, 0.2) is 24.1 Å². The van der Waals surface area contributed by atoms with Crippen molar-refractivity contribution in [1.29, 1.82) is 0 Å². The summed E-state index contributed by atoms with van der Waals surface area (Å²) in [6.07, 6.45) is 3.18. The number of phenolic OH excluding ortho intramolecular Hbond substituents is 3. The minimum absolute atomic E-state index is 0.0458. The molecule has 0 spiro atoms. The maximum absolute atomic E-state index is 11.7. The van der Waals surface area contributed by atoms with Crippen LogP contribution >= 0.6 is 0 Å². The van der Waals surface area contributed by atoms with E-state index in [-0.39, 0.29) is 61.0 Å². The molecule has 2 aromatic rings. The monoisotopic (exact) mass is 710 g/mol. The van der Waals surface area contributed by atoms with Crippen LogP contribution in [0.25, 0.3) is 6.08 Å². The lowest BCUT2D eigenvalue weighted by Gasteiger charge is -2.32. The minimum Gasteiger partial charge on any atom is -0.508 e. The molecular weight excluding hydrogens is 656 g/mol. The van der Waals surface area contributed by atoms with E-state index in [4.69, 9.17) is 49.2 Å². The smallest absolute Gasteiger partial charge is 0.331 e. The van der Waals surface area contributed by atoms with Crippen molar-refractivity contribution in [3.05, 3.63) is 59.7 Å². The van der Waals surface area contributed by atoms with Gasteiger partial charge in [0.1, 0.15) is 11.9 Å². The summed E-state index contributed by atoms with van der Waals surface area (Å²) in [6, 6.07) is 11.0. The maximum atomic E-state index is 11.7. The Hall–Kier alpha value is -3.31. The maximum Gasteiger partial charge on any atom is 0.331 e. The zero-order chi connectivity index (χ0) is 37.2. The standard InChI is InChI=1S/C15H18O5.C8H10O3.C7H14O3.C6H12O3/c1-10-13(17)8-19-9-14(10)20-15(18)6-5-11-3-2-4-12(16)7-11;9-4-3-6-1-2-7(10)8(11)5-6;1-5-3-6(8)4-7(9-2)10-5;1-4-5(7)2-3-6(8)9-4/h2-7,10,13-14,16-17H,8-9H2,1H3;1-2,5,9-11H,3-4H2;5-8H,3-4H2,1-2H3;4-8H,2-3H2,1H3/b6-5+;;;/t10?,13-,14+;;5-,6+,7-;4-,5+,6+/m0.10/s1. The van der Waals surface area contributed by atoms with Gasteiger partial charge in [0.25, 0.3) is 0 Å². The van der Waals surface area contributed by atoms with Gasteiger partial charge in [-0.3, -0.25) is 0 Å². The van der Waals surface area contributed by atoms with E-state index < -0.39 is 30.6 Å². The van der Waals surface area contributed by atoms with Crippen molar-refractivity contribution in [3.63, 3.8) is 0 Å². The highest BCUT2D eigenvalue weighted by molar-refractivity contribution is 5.87. The van der Waals surface area contributed by atoms with Gasteiger partial charge in [-0.2, -0.15) is 0 Å². The molecule has 5 rings (SSSR count). The van der Waals surface area contributed by atoms with E-state index in [1.165, 1.54) is 18.2 Å². The zero-order valence-corrected chi connectivity index (χ0v) is 29.1. The quantitative estimate of drug-likeness (QED) is 0.122. The highest BCUT2D eigenvalue weighted by Gasteiger charge is 2.31. The molecule has 2 aromatic carbocycles. The van der Waals surface area contributed by atoms with Crippen molar-refractivity contribution >= 4 is 12.0 Å². The molecule has 9 atom stereocenters. The molecule has 8 N–H and O–H groups in total. The lowest BCUT2D eigenvalue weighted by atomic mass is 9.97. The van der Waals surface area contributed by atoms with Gasteiger partial charge in [0.05, 0.1) is 43.7 Å². The second-order valence-electron chi connectivity index (χ2n) is 12.3. The fraction of sp³-hybridized carbons (Fsp3) is 0.583. The van der Waals surface area contributed by atoms with Crippen LogP contribution < -0.4 is 0 Å². The van der Waals surface area contributed by atoms with Crippen molar-refractivity contribution in [2.24, 2.45) is 5.92 Å². The van der Waals surface area contributed by atoms with E-state index in [0.717, 1.165) is 12.0 Å². The first-order valence-corrected chi connectivity index (χ1v) is 16.6. The number of esters is 1. The summed E-state index contributed by atoms with van der Waals surface area (Å²) < 4.78 is 25.6. The van der Waals surface area contributed by atoms with Crippen LogP contribution in [0.15, 0.2) is 48.5 Å². The van der Waals surface area contributed by atoms with Crippen molar-refractivity contribution in [3.8, 4) is 17.2 Å². The molecule has 3 aliphatic heterocycles. The SMILES string of the molecule is CC1[C@@H](O)COC[C@H]1OC(=O)/C=C/c1cccc(O)c1.CO[C@H]1C[C@@H](O)C[C@@H](C)O1.C[C@@H]1O[C@@H](O)CC[C@H]1O.OCCc1ccc(O)c(O)c1. The number of hydrogen-bond donors (Lipinski definition) is 8. The zero-order valence-electron chi connectivity index (χ0n) is 29.1. The van der Waals surface area contributed by atoms with Crippen molar-refractivity contribution in [1.82, 2.24) is 0 Å². The number of aromatic hydroxyl groups is 3. The first kappa shape index (κ1) is 42.9. The third-order valence-electron chi connectivity index (χ3n) is 8.09. The molecule has 282 valence electrons. The first-order chi connectivity index (χ1) is 23.7. The molecular formula is C36H54O14. The van der Waals surface area contributed by atoms with Crippen LogP contribution in [0.1, 0.15) is 57.6 Å². The predicted molar refractivity (Wildman–Crippen MR) is 182 cm³/mol. The number of aliphatic hydroxyl groups excluding tert-OH is 5. The second-order valence-corrected chi connectivity index (χ2v) is 12.3. The number of benzene rings is 2. The number of rotatable bonds is 6. The van der Waals surface area contributed by atoms with Crippen molar-refractivity contribution in [2.75, 3.05) is 26.9 Å². The fourth-order valence-corrected chi connectivity index (χ4v) is 5.01. The molecule has 3 aliphatic rings. The Morgan fingerprint density at radius 2 is 1.64 bits per heavy atom. The lowest BCUT2D eigenvalue weighted by Crippen LogP contribution is -2.43. The third kappa shape index (κ3) is 16.1. The number of carbonyl (C=O) groups excluding carboxylic acids is 1. The van der Waals surface area contributed by atoms with Gasteiger partial charge in [-0.25, -0.2) is 4.79 Å². The highest BCUT2D eigenvalue weighted by Crippen LogP contribution is 2.25. The van der Waals surface area contributed by atoms with Gasteiger partial charge in [-0.1, -0.05) is 25.1 Å². The second kappa shape index (κ2) is 22.5. The first-order valence-electron chi connectivity index (χ1n) is 16.6. The van der Waals surface area contributed by atoms with Gasteiger partial charge in [0.2, 0.25) is 0 Å². The molecule has 50 heavy (non-hydrogen) atoms. The van der Waals surface area contributed by atoms with E-state index in [1.54, 1.807) is 50.4 Å². The molecule has 0 bridgehead atoms. The van der Waals surface area contributed by atoms with E-state index in [1.807, 2.05) is 13.8 Å². The van der Waals surface area contributed by atoms with Gasteiger partial charge in [-0.05, 0) is 74.6 Å². The summed E-state index contributed by atoms with van der Waals surface area (Å²) >= 11 is 0. The molecule has 0 aliphatic carbocycles. The number of ether oxygens (including phenoxy) is 5. The summed E-state index contributed by atoms with van der Waals surface area (Å²) in [6.45, 7) is 6.13. The van der Waals surface area contributed by atoms with E-state index in [0.29, 0.717) is 37.9 Å². The highest BCUT2D eigenvalue weighted by atomic mass is 16.7. The normalized spacial score (nSPS) is 29.3. The predicted octanol–water partition coefficient (Wildman–Crippen LogP) is 2.36. The topological polar surface area (TPSA) is 225 Å². The molecule has 14 nitrogen and oxygen atoms in total. The number of hydrogen-bond acceptors (Lipinski definition) is 14. The van der Waals surface area contributed by atoms with Crippen LogP contribution in [0, 0.1) is 5.92 Å². The third-order valence-corrected chi connectivity index (χ3v) is 8.09. The van der Waals surface area contributed by atoms with Crippen molar-refractivity contribution < 1.29 is 69.3 Å². The number of phenols is 3. The molecule has 0 saturated carbocycles. The van der Waals surface area contributed by atoms with Crippen LogP contribution in [-0.2, 0) is 34.9 Å². The van der Waals surface area contributed by atoms with Crippen LogP contribution in [0.3, 0.4) is 0 Å². The fourth-order valence-electron chi connectivity index (χ4n) is 5.01. The Bertz CT molecular complexity index is 1280. The summed E-state index contributed by atoms with van der Waals surface area (Å²) in [5, 5.41) is 72.5. The average Bonchev–Trinajstić information content (AvgIpc) is 3.06. The summed E-state index contributed by atoms with van der Waals surface area (Å²) in [5.41, 5.74) is 1.51. The Labute approximate surface area is 293 Å². The lowest BCUT2D eigenvalue weighted by molar-refractivity contribution is -0.198. The van der Waals surface area contributed by atoms with Crippen LogP contribution in [0.5, 0.6) is 17.2 Å². The van der Waals surface area contributed by atoms with Gasteiger partial charge in [-0.15, -0.1) is 0 Å². The van der Waals surface area contributed by atoms with Gasteiger partial charge < -0.3 is 64.5 Å². The molecule has 3 heterocycles. The summed E-state index contributed by atoms with van der Waals surface area (Å²) in [7, 11) is 1.59. The summed E-state index contributed by atoms with van der Waals surface area (Å²) in [4.78, 5) is 11.7. The molecule has 1 unspecified atom stereocenters. The largest absolute Gasteiger partial charge is 0.508 e. The number of aliphatic hydroxyl groups is 5. The molecule has 3 saturated heterocycles. The molecule has 0 amide bonds. The average molecular weight is 711 g/mol. The van der Waals surface area contributed by atoms with Crippen LogP contribution in [0.4, 0.5) is 0 Å². The van der Waals surface area contributed by atoms with E-state index >= 15 is 0 Å². The molecule has 0 radical (unpaired) electrons. The number of methoxy groups -OCH3 is 1. The van der Waals surface area contributed by atoms with Crippen LogP contribution in [-0.4, -0.2) is 123 Å². The van der Waals surface area contributed by atoms with Gasteiger partial charge in [0, 0.05) is 38.6 Å². The van der Waals surface area contributed by atoms with Crippen molar-refractivity contribution in [2.45, 2.75) is 102 Å². The molecule has 3 fully saturated rings. The summed E-state index contributed by atoms with van der Waals surface area (Å²) in [5.74, 6) is -0.787.